The van der Waals surface area contributed by atoms with Crippen LogP contribution in [0.1, 0.15) is 24.0 Å². The zero-order chi connectivity index (χ0) is 21.9. The highest BCUT2D eigenvalue weighted by atomic mass is 16.5. The van der Waals surface area contributed by atoms with E-state index in [0.717, 1.165) is 35.3 Å². The highest BCUT2D eigenvalue weighted by Gasteiger charge is 2.29. The maximum absolute atomic E-state index is 11.9. The fraction of sp³-hybridized carbons (Fsp3) is 0.261. The first-order valence-corrected chi connectivity index (χ1v) is 10.5. The van der Waals surface area contributed by atoms with E-state index >= 15 is 0 Å². The Morgan fingerprint density at radius 2 is 2.00 bits per heavy atom. The number of methoxy groups -OCH3 is 1. The number of fused-ring (bicyclic) bond motifs is 1. The second-order valence-corrected chi connectivity index (χ2v) is 7.82. The molecule has 0 atom stereocenters. The predicted octanol–water partition coefficient (Wildman–Crippen LogP) is 3.13. The van der Waals surface area contributed by atoms with Gasteiger partial charge in [-0.25, -0.2) is 4.98 Å². The van der Waals surface area contributed by atoms with Gasteiger partial charge in [-0.1, -0.05) is 29.5 Å². The van der Waals surface area contributed by atoms with Gasteiger partial charge in [-0.2, -0.15) is 9.67 Å². The van der Waals surface area contributed by atoms with Crippen LogP contribution in [0, 0.1) is 5.92 Å². The van der Waals surface area contributed by atoms with Gasteiger partial charge in [0.2, 0.25) is 11.9 Å². The summed E-state index contributed by atoms with van der Waals surface area (Å²) < 4.78 is 6.87. The smallest absolute Gasteiger partial charge is 0.229 e. The lowest BCUT2D eigenvalue weighted by atomic mass is 10.2. The SMILES string of the molecule is COCc1cccc(Nc2ncc3nnn(-c4cccc(CNC(=O)C5CC5)c4)c3n2)c1. The van der Waals surface area contributed by atoms with Crippen molar-refractivity contribution in [2.75, 3.05) is 12.4 Å². The number of nitrogens with one attached hydrogen (secondary N) is 2. The molecule has 0 unspecified atom stereocenters. The summed E-state index contributed by atoms with van der Waals surface area (Å²) in [6, 6.07) is 15.7. The molecule has 162 valence electrons. The van der Waals surface area contributed by atoms with Crippen LogP contribution in [-0.2, 0) is 22.7 Å². The fourth-order valence-electron chi connectivity index (χ4n) is 3.47. The number of aromatic nitrogens is 5. The van der Waals surface area contributed by atoms with Gasteiger partial charge in [0.15, 0.2) is 11.2 Å². The molecular weight excluding hydrogens is 406 g/mol. The lowest BCUT2D eigenvalue weighted by Gasteiger charge is -2.08. The Morgan fingerprint density at radius 1 is 1.16 bits per heavy atom. The highest BCUT2D eigenvalue weighted by Crippen LogP contribution is 2.28. The van der Waals surface area contributed by atoms with E-state index in [1.807, 2.05) is 48.5 Å². The Labute approximate surface area is 184 Å². The first-order valence-electron chi connectivity index (χ1n) is 10.5. The van der Waals surface area contributed by atoms with Gasteiger partial charge < -0.3 is 15.4 Å². The third kappa shape index (κ3) is 4.42. The van der Waals surface area contributed by atoms with E-state index in [1.54, 1.807) is 18.0 Å². The molecule has 9 nitrogen and oxygen atoms in total. The monoisotopic (exact) mass is 429 g/mol. The molecule has 1 aliphatic rings. The summed E-state index contributed by atoms with van der Waals surface area (Å²) in [6.45, 7) is 1.01. The van der Waals surface area contributed by atoms with E-state index in [9.17, 15) is 4.79 Å². The molecule has 0 aliphatic heterocycles. The van der Waals surface area contributed by atoms with Crippen molar-refractivity contribution in [2.45, 2.75) is 26.0 Å². The number of hydrogen-bond donors (Lipinski definition) is 2. The van der Waals surface area contributed by atoms with E-state index < -0.39 is 0 Å². The van der Waals surface area contributed by atoms with Crippen molar-refractivity contribution in [3.05, 3.63) is 65.9 Å². The molecular formula is C23H23N7O2. The van der Waals surface area contributed by atoms with Crippen LogP contribution in [0.3, 0.4) is 0 Å². The number of carbonyl (C=O) groups excluding carboxylic acids is 1. The third-order valence-corrected chi connectivity index (χ3v) is 5.26. The average Bonchev–Trinajstić information content (AvgIpc) is 3.58. The second kappa shape index (κ2) is 8.72. The first kappa shape index (κ1) is 20.1. The van der Waals surface area contributed by atoms with Crippen LogP contribution in [0.25, 0.3) is 16.9 Å². The van der Waals surface area contributed by atoms with Crippen molar-refractivity contribution >= 4 is 28.7 Å². The van der Waals surface area contributed by atoms with Gasteiger partial charge >= 0.3 is 0 Å². The zero-order valence-corrected chi connectivity index (χ0v) is 17.7. The van der Waals surface area contributed by atoms with Crippen LogP contribution < -0.4 is 10.6 Å². The van der Waals surface area contributed by atoms with Crippen molar-refractivity contribution in [2.24, 2.45) is 5.92 Å². The molecule has 0 bridgehead atoms. The van der Waals surface area contributed by atoms with Crippen molar-refractivity contribution in [3.63, 3.8) is 0 Å². The molecule has 1 amide bonds. The maximum atomic E-state index is 11.9. The number of benzene rings is 2. The molecule has 2 heterocycles. The van der Waals surface area contributed by atoms with E-state index in [4.69, 9.17) is 4.74 Å². The summed E-state index contributed by atoms with van der Waals surface area (Å²) in [7, 11) is 1.67. The van der Waals surface area contributed by atoms with Crippen molar-refractivity contribution in [3.8, 4) is 5.69 Å². The number of nitrogens with zero attached hydrogens (tertiary/aromatic N) is 5. The molecule has 1 saturated carbocycles. The summed E-state index contributed by atoms with van der Waals surface area (Å²) in [5, 5.41) is 14.7. The summed E-state index contributed by atoms with van der Waals surface area (Å²) in [6.07, 6.45) is 3.63. The van der Waals surface area contributed by atoms with Gasteiger partial charge in [0, 0.05) is 25.3 Å². The number of hydrogen-bond acceptors (Lipinski definition) is 7. The molecule has 32 heavy (non-hydrogen) atoms. The largest absolute Gasteiger partial charge is 0.380 e. The molecule has 4 aromatic rings. The normalized spacial score (nSPS) is 13.3. The Kier molecular flexibility index (Phi) is 5.47. The van der Waals surface area contributed by atoms with E-state index in [2.05, 4.69) is 30.9 Å². The van der Waals surface area contributed by atoms with Gasteiger partial charge in [0.05, 0.1) is 18.5 Å². The number of ether oxygens (including phenoxy) is 1. The van der Waals surface area contributed by atoms with E-state index in [1.165, 1.54) is 0 Å². The summed E-state index contributed by atoms with van der Waals surface area (Å²) in [5.74, 6) is 0.762. The van der Waals surface area contributed by atoms with Crippen LogP contribution in [0.5, 0.6) is 0 Å². The average molecular weight is 429 g/mol. The quantitative estimate of drug-likeness (QED) is 0.443. The maximum Gasteiger partial charge on any atom is 0.229 e. The molecule has 2 aromatic heterocycles. The van der Waals surface area contributed by atoms with Crippen LogP contribution >= 0.6 is 0 Å². The number of amides is 1. The fourth-order valence-corrected chi connectivity index (χ4v) is 3.47. The summed E-state index contributed by atoms with van der Waals surface area (Å²) >= 11 is 0. The molecule has 0 saturated heterocycles. The van der Waals surface area contributed by atoms with Crippen LogP contribution in [0.15, 0.2) is 54.7 Å². The Bertz CT molecular complexity index is 1270. The minimum Gasteiger partial charge on any atom is -0.380 e. The topological polar surface area (TPSA) is 107 Å². The second-order valence-electron chi connectivity index (χ2n) is 7.82. The first-order chi connectivity index (χ1) is 15.7. The lowest BCUT2D eigenvalue weighted by Crippen LogP contribution is -2.24. The molecule has 1 aliphatic carbocycles. The van der Waals surface area contributed by atoms with Crippen molar-refractivity contribution in [1.82, 2.24) is 30.3 Å². The molecule has 2 N–H and O–H groups in total. The van der Waals surface area contributed by atoms with E-state index in [0.29, 0.717) is 30.3 Å². The zero-order valence-electron chi connectivity index (χ0n) is 17.7. The number of rotatable bonds is 8. The molecule has 2 aromatic carbocycles. The summed E-state index contributed by atoms with van der Waals surface area (Å²) in [5.41, 5.74) is 4.91. The van der Waals surface area contributed by atoms with Gasteiger partial charge in [-0.3, -0.25) is 4.79 Å². The number of carbonyl (C=O) groups is 1. The van der Waals surface area contributed by atoms with Gasteiger partial charge in [0.1, 0.15) is 0 Å². The minimum absolute atomic E-state index is 0.125. The van der Waals surface area contributed by atoms with Gasteiger partial charge in [-0.05, 0) is 48.2 Å². The highest BCUT2D eigenvalue weighted by molar-refractivity contribution is 5.80. The van der Waals surface area contributed by atoms with Crippen LogP contribution in [0.2, 0.25) is 0 Å². The lowest BCUT2D eigenvalue weighted by molar-refractivity contribution is -0.122. The third-order valence-electron chi connectivity index (χ3n) is 5.26. The number of anilines is 2. The van der Waals surface area contributed by atoms with Crippen molar-refractivity contribution < 1.29 is 9.53 Å². The minimum atomic E-state index is 0.125. The van der Waals surface area contributed by atoms with Gasteiger partial charge in [0.25, 0.3) is 0 Å². The molecule has 9 heteroatoms. The van der Waals surface area contributed by atoms with Crippen LogP contribution in [-0.4, -0.2) is 38.0 Å². The van der Waals surface area contributed by atoms with Crippen LogP contribution in [0.4, 0.5) is 11.6 Å². The molecule has 0 radical (unpaired) electrons. The van der Waals surface area contributed by atoms with Gasteiger partial charge in [-0.15, -0.1) is 5.10 Å². The Morgan fingerprint density at radius 3 is 2.84 bits per heavy atom. The molecule has 1 fully saturated rings. The predicted molar refractivity (Wildman–Crippen MR) is 119 cm³/mol. The molecule has 0 spiro atoms. The Balaban J connectivity index is 1.38. The standard InChI is InChI=1S/C23H23N7O2/c1-32-14-16-5-2-6-18(10-16)26-23-25-13-20-21(27-23)30(29-28-20)19-7-3-4-15(11-19)12-24-22(31)17-8-9-17/h2-7,10-11,13,17H,8-9,12,14H2,1H3,(H,24,31)(H,25,26,27). The summed E-state index contributed by atoms with van der Waals surface area (Å²) in [4.78, 5) is 20.9. The molecule has 5 rings (SSSR count). The van der Waals surface area contributed by atoms with Crippen molar-refractivity contribution in [1.29, 1.82) is 0 Å². The van der Waals surface area contributed by atoms with E-state index in [-0.39, 0.29) is 11.8 Å². The Hall–Kier alpha value is -3.85.